The minimum atomic E-state index is -0.525. The van der Waals surface area contributed by atoms with E-state index in [4.69, 9.17) is 9.47 Å². The second kappa shape index (κ2) is 8.91. The zero-order chi connectivity index (χ0) is 24.7. The van der Waals surface area contributed by atoms with Gasteiger partial charge in [-0.2, -0.15) is 0 Å². The molecule has 2 amide bonds. The molecule has 7 nitrogen and oxygen atoms in total. The van der Waals surface area contributed by atoms with Crippen molar-refractivity contribution in [2.24, 2.45) is 0 Å². The van der Waals surface area contributed by atoms with E-state index in [9.17, 15) is 14.4 Å². The molecule has 0 spiro atoms. The van der Waals surface area contributed by atoms with Gasteiger partial charge in [-0.25, -0.2) is 0 Å². The number of methoxy groups -OCH3 is 2. The van der Waals surface area contributed by atoms with Crippen LogP contribution in [0.2, 0.25) is 0 Å². The number of ketones is 1. The zero-order valence-corrected chi connectivity index (χ0v) is 19.9. The molecule has 0 aliphatic carbocycles. The molecule has 3 aromatic rings. The van der Waals surface area contributed by atoms with Crippen LogP contribution < -0.4 is 19.3 Å². The maximum absolute atomic E-state index is 13.6. The average molecular weight is 471 g/mol. The van der Waals surface area contributed by atoms with Gasteiger partial charge in [-0.3, -0.25) is 19.3 Å². The summed E-state index contributed by atoms with van der Waals surface area (Å²) in [5, 5.41) is 0. The van der Waals surface area contributed by atoms with Gasteiger partial charge >= 0.3 is 0 Å². The Morgan fingerprint density at radius 1 is 0.914 bits per heavy atom. The SMILES string of the molecule is COc1ccc(CC(=O)N2c3ccccc3C(N3C(=O)C(=O)c4ccccc43)CC2C)cc1OC. The highest BCUT2D eigenvalue weighted by Crippen LogP contribution is 2.45. The number of ether oxygens (including phenoxy) is 2. The van der Waals surface area contributed by atoms with Crippen molar-refractivity contribution in [3.05, 3.63) is 83.4 Å². The Hall–Kier alpha value is -4.13. The molecule has 178 valence electrons. The molecule has 5 rings (SSSR count). The van der Waals surface area contributed by atoms with Crippen LogP contribution in [0.25, 0.3) is 0 Å². The quantitative estimate of drug-likeness (QED) is 0.519. The van der Waals surface area contributed by atoms with Crippen molar-refractivity contribution in [1.82, 2.24) is 0 Å². The highest BCUT2D eigenvalue weighted by atomic mass is 16.5. The van der Waals surface area contributed by atoms with Crippen molar-refractivity contribution in [3.63, 3.8) is 0 Å². The van der Waals surface area contributed by atoms with Crippen molar-refractivity contribution < 1.29 is 23.9 Å². The van der Waals surface area contributed by atoms with Crippen LogP contribution in [-0.2, 0) is 16.0 Å². The number of benzene rings is 3. The smallest absolute Gasteiger partial charge is 0.300 e. The molecule has 3 aromatic carbocycles. The topological polar surface area (TPSA) is 76.2 Å². The average Bonchev–Trinajstić information content (AvgIpc) is 3.13. The number of carbonyl (C=O) groups excluding carboxylic acids is 3. The Kier molecular flexibility index (Phi) is 5.76. The Balaban J connectivity index is 1.49. The second-order valence-corrected chi connectivity index (χ2v) is 8.81. The summed E-state index contributed by atoms with van der Waals surface area (Å²) in [7, 11) is 3.14. The van der Waals surface area contributed by atoms with Gasteiger partial charge in [-0.05, 0) is 54.8 Å². The first kappa shape index (κ1) is 22.7. The summed E-state index contributed by atoms with van der Waals surface area (Å²) < 4.78 is 10.7. The number of anilines is 2. The molecule has 0 saturated heterocycles. The maximum atomic E-state index is 13.6. The van der Waals surface area contributed by atoms with Crippen LogP contribution in [0.3, 0.4) is 0 Å². The lowest BCUT2D eigenvalue weighted by atomic mass is 9.89. The van der Waals surface area contributed by atoms with Crippen LogP contribution in [0.1, 0.15) is 40.9 Å². The molecule has 0 radical (unpaired) electrons. The van der Waals surface area contributed by atoms with Crippen molar-refractivity contribution >= 4 is 29.0 Å². The third-order valence-electron chi connectivity index (χ3n) is 6.77. The number of rotatable bonds is 5. The molecule has 35 heavy (non-hydrogen) atoms. The number of carbonyl (C=O) groups is 3. The number of amides is 2. The Morgan fingerprint density at radius 3 is 2.34 bits per heavy atom. The predicted octanol–water partition coefficient (Wildman–Crippen LogP) is 4.34. The molecular formula is C28H26N2O5. The van der Waals surface area contributed by atoms with E-state index in [1.165, 1.54) is 0 Å². The summed E-state index contributed by atoms with van der Waals surface area (Å²) in [6.07, 6.45) is 0.704. The summed E-state index contributed by atoms with van der Waals surface area (Å²) in [6, 6.07) is 19.6. The maximum Gasteiger partial charge on any atom is 0.300 e. The summed E-state index contributed by atoms with van der Waals surface area (Å²) >= 11 is 0. The Bertz CT molecular complexity index is 1330. The standard InChI is InChI=1S/C28H26N2O5/c1-17-14-23(30-22-11-7-5-9-20(22)27(32)28(30)33)19-8-4-6-10-21(19)29(17)26(31)16-18-12-13-24(34-2)25(15-18)35-3/h4-13,15,17,23H,14,16H2,1-3H3. The highest BCUT2D eigenvalue weighted by molar-refractivity contribution is 6.52. The van der Waals surface area contributed by atoms with Crippen LogP contribution in [0.15, 0.2) is 66.7 Å². The number of Topliss-reactive ketones (excluding diaryl/α,β-unsaturated/α-hetero) is 1. The zero-order valence-electron chi connectivity index (χ0n) is 19.9. The Labute approximate surface area is 203 Å². The lowest BCUT2D eigenvalue weighted by Crippen LogP contribution is -2.48. The molecule has 0 aromatic heterocycles. The largest absolute Gasteiger partial charge is 0.493 e. The summed E-state index contributed by atoms with van der Waals surface area (Å²) in [4.78, 5) is 42.6. The first-order chi connectivity index (χ1) is 16.9. The van der Waals surface area contributed by atoms with Gasteiger partial charge < -0.3 is 14.4 Å². The van der Waals surface area contributed by atoms with E-state index in [0.717, 1.165) is 16.8 Å². The van der Waals surface area contributed by atoms with Gasteiger partial charge in [-0.15, -0.1) is 0 Å². The third-order valence-corrected chi connectivity index (χ3v) is 6.77. The lowest BCUT2D eigenvalue weighted by molar-refractivity contribution is -0.118. The molecule has 7 heteroatoms. The van der Waals surface area contributed by atoms with Gasteiger partial charge in [0.1, 0.15) is 0 Å². The monoisotopic (exact) mass is 470 g/mol. The van der Waals surface area contributed by atoms with Gasteiger partial charge in [0.05, 0.1) is 37.9 Å². The number of hydrogen-bond acceptors (Lipinski definition) is 5. The second-order valence-electron chi connectivity index (χ2n) is 8.81. The van der Waals surface area contributed by atoms with E-state index in [-0.39, 0.29) is 24.4 Å². The van der Waals surface area contributed by atoms with Gasteiger partial charge in [0.25, 0.3) is 11.7 Å². The van der Waals surface area contributed by atoms with Gasteiger partial charge in [-0.1, -0.05) is 36.4 Å². The van der Waals surface area contributed by atoms with E-state index in [2.05, 4.69) is 0 Å². The highest BCUT2D eigenvalue weighted by Gasteiger charge is 2.44. The normalized spacial score (nSPS) is 18.8. The number of hydrogen-bond donors (Lipinski definition) is 0. The molecule has 0 saturated carbocycles. The predicted molar refractivity (Wildman–Crippen MR) is 132 cm³/mol. The van der Waals surface area contributed by atoms with E-state index >= 15 is 0 Å². The molecular weight excluding hydrogens is 444 g/mol. The van der Waals surface area contributed by atoms with Gasteiger partial charge in [0.2, 0.25) is 5.91 Å². The van der Waals surface area contributed by atoms with Crippen molar-refractivity contribution in [1.29, 1.82) is 0 Å². The molecule has 0 bridgehead atoms. The van der Waals surface area contributed by atoms with Crippen LogP contribution in [0.4, 0.5) is 11.4 Å². The van der Waals surface area contributed by atoms with Crippen molar-refractivity contribution in [2.75, 3.05) is 24.0 Å². The minimum Gasteiger partial charge on any atom is -0.493 e. The van der Waals surface area contributed by atoms with Gasteiger partial charge in [0, 0.05) is 11.7 Å². The van der Waals surface area contributed by atoms with E-state index in [1.807, 2.05) is 49.4 Å². The molecule has 2 aliphatic rings. The fourth-order valence-corrected chi connectivity index (χ4v) is 5.18. The van der Waals surface area contributed by atoms with Crippen LogP contribution in [0.5, 0.6) is 11.5 Å². The van der Waals surface area contributed by atoms with Crippen LogP contribution >= 0.6 is 0 Å². The minimum absolute atomic E-state index is 0.0557. The lowest BCUT2D eigenvalue weighted by Gasteiger charge is -2.42. The molecule has 0 fully saturated rings. The van der Waals surface area contributed by atoms with Crippen LogP contribution in [0, 0.1) is 0 Å². The van der Waals surface area contributed by atoms with E-state index in [1.54, 1.807) is 48.3 Å². The summed E-state index contributed by atoms with van der Waals surface area (Å²) in [5.74, 6) is 0.106. The summed E-state index contributed by atoms with van der Waals surface area (Å²) in [6.45, 7) is 1.98. The molecule has 0 N–H and O–H groups in total. The molecule has 2 unspecified atom stereocenters. The molecule has 2 aliphatic heterocycles. The third kappa shape index (κ3) is 3.73. The molecule has 2 heterocycles. The van der Waals surface area contributed by atoms with Crippen molar-refractivity contribution in [3.8, 4) is 11.5 Å². The number of para-hydroxylation sites is 2. The van der Waals surface area contributed by atoms with Crippen molar-refractivity contribution in [2.45, 2.75) is 31.8 Å². The fraction of sp³-hybridized carbons (Fsp3) is 0.250. The molecule has 2 atom stereocenters. The fourth-order valence-electron chi connectivity index (χ4n) is 5.18. The first-order valence-electron chi connectivity index (χ1n) is 11.5. The van der Waals surface area contributed by atoms with Crippen LogP contribution in [-0.4, -0.2) is 37.9 Å². The Morgan fingerprint density at radius 2 is 1.60 bits per heavy atom. The van der Waals surface area contributed by atoms with Gasteiger partial charge in [0.15, 0.2) is 11.5 Å². The van der Waals surface area contributed by atoms with E-state index < -0.39 is 11.7 Å². The first-order valence-corrected chi connectivity index (χ1v) is 11.5. The summed E-state index contributed by atoms with van der Waals surface area (Å²) in [5.41, 5.74) is 3.47. The van der Waals surface area contributed by atoms with E-state index in [0.29, 0.717) is 29.2 Å². The number of fused-ring (bicyclic) bond motifs is 2. The number of nitrogens with zero attached hydrogens (tertiary/aromatic N) is 2.